The van der Waals surface area contributed by atoms with Crippen LogP contribution in [0.5, 0.6) is 11.5 Å². The molecule has 3 heterocycles. The van der Waals surface area contributed by atoms with Crippen molar-refractivity contribution in [3.05, 3.63) is 77.8 Å². The van der Waals surface area contributed by atoms with Gasteiger partial charge in [0, 0.05) is 31.1 Å². The smallest absolute Gasteiger partial charge is 0.269 e. The lowest BCUT2D eigenvalue weighted by atomic mass is 9.81. The number of nitrogens with two attached hydrogens (primary N) is 1. The van der Waals surface area contributed by atoms with Crippen LogP contribution < -0.4 is 15.9 Å². The van der Waals surface area contributed by atoms with Crippen LogP contribution >= 0.6 is 0 Å². The van der Waals surface area contributed by atoms with Crippen molar-refractivity contribution < 1.29 is 14.3 Å². The van der Waals surface area contributed by atoms with Gasteiger partial charge in [0.15, 0.2) is 5.69 Å². The molecule has 2 aliphatic rings. The van der Waals surface area contributed by atoms with Crippen molar-refractivity contribution in [2.24, 2.45) is 17.6 Å². The van der Waals surface area contributed by atoms with E-state index in [1.54, 1.807) is 15.7 Å². The normalized spacial score (nSPS) is 17.6. The number of nitrogens with zero attached hydrogens (tertiary/aromatic N) is 4. The first kappa shape index (κ1) is 27.0. The number of imidazole rings is 1. The largest absolute Gasteiger partial charge is 0.457 e. The molecule has 1 unspecified atom stereocenters. The number of para-hydroxylation sites is 1. The molecule has 40 heavy (non-hydrogen) atoms. The molecule has 0 saturated carbocycles. The summed E-state index contributed by atoms with van der Waals surface area (Å²) < 4.78 is 7.67. The first-order chi connectivity index (χ1) is 19.4. The second-order valence-corrected chi connectivity index (χ2v) is 10.7. The van der Waals surface area contributed by atoms with Crippen LogP contribution in [-0.4, -0.2) is 46.0 Å². The molecule has 0 spiro atoms. The first-order valence-electron chi connectivity index (χ1n) is 13.8. The molecular weight excluding hydrogens is 504 g/mol. The third-order valence-corrected chi connectivity index (χ3v) is 7.55. The van der Waals surface area contributed by atoms with Gasteiger partial charge in [0.2, 0.25) is 0 Å². The monoisotopic (exact) mass is 538 g/mol. The van der Waals surface area contributed by atoms with Crippen molar-refractivity contribution in [1.82, 2.24) is 14.6 Å². The topological polar surface area (TPSA) is 126 Å². The van der Waals surface area contributed by atoms with Crippen molar-refractivity contribution in [1.29, 1.82) is 5.26 Å². The number of carbonyl (C=O) groups excluding carboxylic acids is 2. The summed E-state index contributed by atoms with van der Waals surface area (Å²) in [6.07, 6.45) is 4.20. The van der Waals surface area contributed by atoms with E-state index < -0.39 is 5.91 Å². The highest BCUT2D eigenvalue weighted by Crippen LogP contribution is 2.39. The molecule has 0 aliphatic carbocycles. The van der Waals surface area contributed by atoms with Gasteiger partial charge in [0.25, 0.3) is 11.8 Å². The second kappa shape index (κ2) is 11.7. The third kappa shape index (κ3) is 5.57. The van der Waals surface area contributed by atoms with Crippen LogP contribution in [-0.2, 0) is 4.79 Å². The predicted molar refractivity (Wildman–Crippen MR) is 152 cm³/mol. The number of amides is 2. The van der Waals surface area contributed by atoms with E-state index in [1.807, 2.05) is 68.4 Å². The fourth-order valence-electron chi connectivity index (χ4n) is 5.65. The van der Waals surface area contributed by atoms with E-state index in [0.29, 0.717) is 42.7 Å². The molecule has 2 amide bonds. The van der Waals surface area contributed by atoms with Crippen LogP contribution in [0.2, 0.25) is 0 Å². The molecule has 1 aromatic heterocycles. The number of aromatic nitrogens is 2. The van der Waals surface area contributed by atoms with E-state index in [4.69, 9.17) is 15.5 Å². The molecule has 2 aliphatic heterocycles. The zero-order valence-electron chi connectivity index (χ0n) is 22.8. The molecule has 9 heteroatoms. The summed E-state index contributed by atoms with van der Waals surface area (Å²) in [7, 11) is 0. The number of likely N-dealkylation sites (tertiary alicyclic amines) is 1. The molecule has 1 atom stereocenters. The fraction of sp³-hybridized carbons (Fsp3) is 0.355. The Morgan fingerprint density at radius 1 is 1.07 bits per heavy atom. The molecule has 3 N–H and O–H groups in total. The Balaban J connectivity index is 1.36. The summed E-state index contributed by atoms with van der Waals surface area (Å²) in [5.74, 6) is 2.01. The number of benzene rings is 2. The zero-order valence-corrected chi connectivity index (χ0v) is 22.8. The Morgan fingerprint density at radius 3 is 2.38 bits per heavy atom. The van der Waals surface area contributed by atoms with Crippen molar-refractivity contribution in [3.63, 3.8) is 0 Å². The van der Waals surface area contributed by atoms with Crippen molar-refractivity contribution in [3.8, 4) is 28.8 Å². The van der Waals surface area contributed by atoms with Crippen LogP contribution in [0, 0.1) is 23.2 Å². The average molecular weight is 539 g/mol. The van der Waals surface area contributed by atoms with Gasteiger partial charge in [-0.2, -0.15) is 5.26 Å². The lowest BCUT2D eigenvalue weighted by Crippen LogP contribution is -2.42. The molecular formula is C31H34N6O3. The summed E-state index contributed by atoms with van der Waals surface area (Å²) in [6, 6.07) is 19.1. The van der Waals surface area contributed by atoms with Crippen molar-refractivity contribution >= 4 is 11.8 Å². The van der Waals surface area contributed by atoms with Gasteiger partial charge in [-0.1, -0.05) is 38.1 Å². The number of ether oxygens (including phenoxy) is 1. The van der Waals surface area contributed by atoms with Crippen LogP contribution in [0.25, 0.3) is 11.3 Å². The maximum atomic E-state index is 12.9. The number of nitrogens with one attached hydrogen (secondary N) is 1. The summed E-state index contributed by atoms with van der Waals surface area (Å²) in [4.78, 5) is 32.3. The highest BCUT2D eigenvalue weighted by atomic mass is 16.5. The quantitative estimate of drug-likeness (QED) is 0.328. The summed E-state index contributed by atoms with van der Waals surface area (Å²) in [6.45, 7) is 5.77. The number of allylic oxidation sites excluding steroid dienone is 1. The predicted octanol–water partition coefficient (Wildman–Crippen LogP) is 4.82. The standard InChI is InChI=1S/C31H34N6O3/c1-20(2)18-23(19-32)31(39)36-16-13-21(14-17-36)26-12-15-34-37-28(29(33)38)27(35-30(26)37)22-8-10-25(11-9-22)40-24-6-4-3-5-7-24/h3-11,18,20-21,26,34H,12-17H2,1-2H3,(H2,33,38)/b23-18+. The lowest BCUT2D eigenvalue weighted by Gasteiger charge is -2.37. The van der Waals surface area contributed by atoms with Gasteiger partial charge < -0.3 is 20.8 Å². The van der Waals surface area contributed by atoms with Gasteiger partial charge in [0.05, 0.1) is 0 Å². The van der Waals surface area contributed by atoms with Crippen LogP contribution in [0.15, 0.2) is 66.2 Å². The van der Waals surface area contributed by atoms with E-state index in [9.17, 15) is 14.9 Å². The maximum absolute atomic E-state index is 12.9. The first-order valence-corrected chi connectivity index (χ1v) is 13.8. The van der Waals surface area contributed by atoms with Gasteiger partial charge in [-0.05, 0) is 67.5 Å². The van der Waals surface area contributed by atoms with Crippen molar-refractivity contribution in [2.45, 2.75) is 39.0 Å². The number of carbonyl (C=O) groups is 2. The maximum Gasteiger partial charge on any atom is 0.269 e. The summed E-state index contributed by atoms with van der Waals surface area (Å²) >= 11 is 0. The van der Waals surface area contributed by atoms with E-state index in [0.717, 1.165) is 36.4 Å². The van der Waals surface area contributed by atoms with Gasteiger partial charge in [-0.25, -0.2) is 9.66 Å². The van der Waals surface area contributed by atoms with Gasteiger partial charge in [-0.3, -0.25) is 9.59 Å². The Kier molecular flexibility index (Phi) is 7.87. The fourth-order valence-corrected chi connectivity index (χ4v) is 5.65. The molecule has 206 valence electrons. The minimum atomic E-state index is -0.548. The molecule has 0 radical (unpaired) electrons. The van der Waals surface area contributed by atoms with Gasteiger partial charge in [0.1, 0.15) is 34.7 Å². The molecule has 0 bridgehead atoms. The van der Waals surface area contributed by atoms with Crippen LogP contribution in [0.1, 0.15) is 55.3 Å². The Labute approximate surface area is 234 Å². The number of rotatable bonds is 7. The van der Waals surface area contributed by atoms with E-state index in [-0.39, 0.29) is 23.3 Å². The Bertz CT molecular complexity index is 1440. The number of primary amides is 1. The second-order valence-electron chi connectivity index (χ2n) is 10.7. The van der Waals surface area contributed by atoms with E-state index >= 15 is 0 Å². The highest BCUT2D eigenvalue weighted by molar-refractivity contribution is 5.98. The number of nitriles is 1. The van der Waals surface area contributed by atoms with Crippen LogP contribution in [0.3, 0.4) is 0 Å². The zero-order chi connectivity index (χ0) is 28.2. The Morgan fingerprint density at radius 2 is 1.75 bits per heavy atom. The van der Waals surface area contributed by atoms with Gasteiger partial charge >= 0.3 is 0 Å². The molecule has 1 fully saturated rings. The molecule has 5 rings (SSSR count). The SMILES string of the molecule is CC(C)/C=C(\C#N)C(=O)N1CCC(C2CCNn3c2nc(-c2ccc(Oc4ccccc4)cc2)c3C(N)=O)CC1. The summed E-state index contributed by atoms with van der Waals surface area (Å²) in [5.41, 5.74) is 11.0. The number of hydrogen-bond donors (Lipinski definition) is 2. The Hall–Kier alpha value is -4.58. The lowest BCUT2D eigenvalue weighted by molar-refractivity contribution is -0.128. The van der Waals surface area contributed by atoms with E-state index in [1.165, 1.54) is 0 Å². The highest BCUT2D eigenvalue weighted by Gasteiger charge is 2.37. The molecule has 1 saturated heterocycles. The minimum Gasteiger partial charge on any atom is -0.457 e. The minimum absolute atomic E-state index is 0.118. The number of fused-ring (bicyclic) bond motifs is 1. The summed E-state index contributed by atoms with van der Waals surface area (Å²) in [5, 5.41) is 9.46. The molecule has 3 aromatic rings. The third-order valence-electron chi connectivity index (χ3n) is 7.55. The number of piperidine rings is 1. The average Bonchev–Trinajstić information content (AvgIpc) is 3.37. The van der Waals surface area contributed by atoms with Crippen LogP contribution in [0.4, 0.5) is 0 Å². The van der Waals surface area contributed by atoms with Gasteiger partial charge in [-0.15, -0.1) is 0 Å². The molecule has 9 nitrogen and oxygen atoms in total. The van der Waals surface area contributed by atoms with Crippen molar-refractivity contribution in [2.75, 3.05) is 25.1 Å². The van der Waals surface area contributed by atoms with E-state index in [2.05, 4.69) is 11.5 Å². The molecule has 2 aromatic carbocycles. The number of hydrogen-bond acceptors (Lipinski definition) is 6.